The Kier molecular flexibility index (Phi) is 13.7. The van der Waals surface area contributed by atoms with Crippen LogP contribution < -0.4 is 5.32 Å². The van der Waals surface area contributed by atoms with Gasteiger partial charge in [0.1, 0.15) is 0 Å². The number of rotatable bonds is 12. The van der Waals surface area contributed by atoms with E-state index in [2.05, 4.69) is 60.7 Å². The molecule has 42 heavy (non-hydrogen) atoms. The highest BCUT2D eigenvalue weighted by atomic mass is 32.1. The van der Waals surface area contributed by atoms with Gasteiger partial charge < -0.3 is 5.32 Å². The van der Waals surface area contributed by atoms with Crippen molar-refractivity contribution in [3.8, 4) is 0 Å². The molecule has 1 nitrogen and oxygen atoms in total. The lowest BCUT2D eigenvalue weighted by Gasteiger charge is -2.42. The summed E-state index contributed by atoms with van der Waals surface area (Å²) < 4.78 is 0. The van der Waals surface area contributed by atoms with Crippen LogP contribution in [0.4, 0.5) is 0 Å². The first-order chi connectivity index (χ1) is 20.0. The second-order valence-corrected chi connectivity index (χ2v) is 18.1. The van der Waals surface area contributed by atoms with Gasteiger partial charge in [-0.05, 0) is 180 Å². The molecule has 0 bridgehead atoms. The molecular formula is C39H72BNS. The van der Waals surface area contributed by atoms with Gasteiger partial charge in [0, 0.05) is 11.3 Å². The summed E-state index contributed by atoms with van der Waals surface area (Å²) in [7, 11) is 6.34. The van der Waals surface area contributed by atoms with Crippen LogP contribution in [-0.4, -0.2) is 25.7 Å². The van der Waals surface area contributed by atoms with Gasteiger partial charge in [-0.15, -0.1) is 0 Å². The molecular weight excluding hydrogens is 525 g/mol. The van der Waals surface area contributed by atoms with Crippen LogP contribution in [0, 0.1) is 76.9 Å². The van der Waals surface area contributed by atoms with E-state index >= 15 is 0 Å². The minimum Gasteiger partial charge on any atom is -0.314 e. The van der Waals surface area contributed by atoms with Crippen LogP contribution in [0.2, 0.25) is 5.82 Å². The first-order valence-corrected chi connectivity index (χ1v) is 19.6. The van der Waals surface area contributed by atoms with Crippen molar-refractivity contribution in [2.24, 2.45) is 76.9 Å². The average molecular weight is 598 g/mol. The van der Waals surface area contributed by atoms with E-state index in [9.17, 15) is 0 Å². The Morgan fingerprint density at radius 1 is 0.643 bits per heavy atom. The van der Waals surface area contributed by atoms with Gasteiger partial charge in [-0.3, -0.25) is 0 Å². The molecule has 4 aliphatic carbocycles. The molecule has 4 fully saturated rings. The van der Waals surface area contributed by atoms with Crippen molar-refractivity contribution in [2.45, 2.75) is 162 Å². The van der Waals surface area contributed by atoms with Gasteiger partial charge in [0.05, 0.1) is 7.85 Å². The highest BCUT2D eigenvalue weighted by molar-refractivity contribution is 7.80. The molecule has 0 saturated heterocycles. The maximum absolute atomic E-state index is 6.34. The molecule has 1 N–H and O–H groups in total. The quantitative estimate of drug-likeness (QED) is 0.168. The van der Waals surface area contributed by atoms with E-state index in [-0.39, 0.29) is 0 Å². The fourth-order valence-corrected chi connectivity index (χ4v) is 11.5. The van der Waals surface area contributed by atoms with Crippen LogP contribution in [0.3, 0.4) is 0 Å². The normalized spacial score (nSPS) is 40.8. The summed E-state index contributed by atoms with van der Waals surface area (Å²) >= 11 is 5.06. The molecule has 4 aliphatic rings. The molecule has 0 heterocycles. The van der Waals surface area contributed by atoms with Crippen molar-refractivity contribution in [1.82, 2.24) is 5.32 Å². The zero-order chi connectivity index (χ0) is 30.6. The lowest BCUT2D eigenvalue weighted by molar-refractivity contribution is 0.101. The van der Waals surface area contributed by atoms with E-state index in [1.807, 2.05) is 0 Å². The van der Waals surface area contributed by atoms with E-state index in [0.717, 1.165) is 77.6 Å². The molecule has 0 amide bonds. The predicted octanol–water partition coefficient (Wildman–Crippen LogP) is 10.9. The van der Waals surface area contributed by atoms with E-state index in [1.54, 1.807) is 0 Å². The lowest BCUT2D eigenvalue weighted by atomic mass is 9.65. The highest BCUT2D eigenvalue weighted by Gasteiger charge is 2.40. The fourth-order valence-electron chi connectivity index (χ4n) is 11.1. The Labute approximate surface area is 270 Å². The minimum absolute atomic E-state index is 0.362. The van der Waals surface area contributed by atoms with Gasteiger partial charge in [0.2, 0.25) is 0 Å². The monoisotopic (exact) mass is 598 g/mol. The Morgan fingerprint density at radius 3 is 1.62 bits per heavy atom. The minimum atomic E-state index is 0.362. The summed E-state index contributed by atoms with van der Waals surface area (Å²) in [5.41, 5.74) is 0. The molecule has 0 aromatic carbocycles. The van der Waals surface area contributed by atoms with Crippen LogP contribution in [0.5, 0.6) is 0 Å². The molecule has 0 aliphatic heterocycles. The SMILES string of the molecule is [B]C(C)C1CC(C(C)C2CCC(C(C)NCC(C(C)S)C(C)C3CCC(C4CCC(C(C)C)CC4)CC3)CC2)CC1C. The zero-order valence-electron chi connectivity index (χ0n) is 29.4. The van der Waals surface area contributed by atoms with Crippen LogP contribution in [0.15, 0.2) is 0 Å². The number of hydrogen-bond acceptors (Lipinski definition) is 2. The zero-order valence-corrected chi connectivity index (χ0v) is 30.3. The third-order valence-corrected chi connectivity index (χ3v) is 15.0. The second-order valence-electron chi connectivity index (χ2n) is 17.3. The maximum atomic E-state index is 6.34. The summed E-state index contributed by atoms with van der Waals surface area (Å²) in [4.78, 5) is 0. The first kappa shape index (κ1) is 35.2. The Bertz CT molecular complexity index is 758. The molecule has 2 radical (unpaired) electrons. The van der Waals surface area contributed by atoms with E-state index in [0.29, 0.717) is 23.0 Å². The molecule has 0 aromatic heterocycles. The number of hydrogen-bond donors (Lipinski definition) is 2. The molecule has 0 spiro atoms. The van der Waals surface area contributed by atoms with Gasteiger partial charge >= 0.3 is 0 Å². The third-order valence-electron chi connectivity index (χ3n) is 14.6. The van der Waals surface area contributed by atoms with Crippen molar-refractivity contribution in [2.75, 3.05) is 6.54 Å². The third kappa shape index (κ3) is 9.00. The highest BCUT2D eigenvalue weighted by Crippen LogP contribution is 2.49. The number of thiol groups is 1. The summed E-state index contributed by atoms with van der Waals surface area (Å²) in [6.07, 6.45) is 20.5. The van der Waals surface area contributed by atoms with Crippen molar-refractivity contribution >= 4 is 20.5 Å². The smallest absolute Gasteiger partial charge is 0.0699 e. The fraction of sp³-hybridized carbons (Fsp3) is 1.00. The Balaban J connectivity index is 1.18. The van der Waals surface area contributed by atoms with Crippen molar-refractivity contribution in [3.05, 3.63) is 0 Å². The van der Waals surface area contributed by atoms with Crippen LogP contribution in [-0.2, 0) is 0 Å². The predicted molar refractivity (Wildman–Crippen MR) is 189 cm³/mol. The molecule has 9 unspecified atom stereocenters. The van der Waals surface area contributed by atoms with Gasteiger partial charge in [-0.25, -0.2) is 0 Å². The van der Waals surface area contributed by atoms with Crippen molar-refractivity contribution < 1.29 is 0 Å². The van der Waals surface area contributed by atoms with E-state index in [4.69, 9.17) is 20.5 Å². The molecule has 4 saturated carbocycles. The van der Waals surface area contributed by atoms with Gasteiger partial charge in [0.15, 0.2) is 0 Å². The van der Waals surface area contributed by atoms with Crippen molar-refractivity contribution in [3.63, 3.8) is 0 Å². The van der Waals surface area contributed by atoms with Crippen LogP contribution >= 0.6 is 12.6 Å². The number of nitrogens with one attached hydrogen (secondary N) is 1. The maximum Gasteiger partial charge on any atom is 0.0699 e. The summed E-state index contributed by atoms with van der Waals surface area (Å²) in [6.45, 7) is 20.7. The van der Waals surface area contributed by atoms with E-state index in [1.165, 1.54) is 89.9 Å². The van der Waals surface area contributed by atoms with Crippen LogP contribution in [0.25, 0.3) is 0 Å². The standard InChI is InChI=1S/C39H72BNS/c1-24(2)31-9-17-35(18-10-31)36-19-13-33(14-20-36)27(5)39(30(8)42)23-41-29(7)34-15-11-32(12-16-34)26(4)37-21-25(3)38(22-37)28(6)40/h24-39,41-42H,9-23H2,1-8H3. The van der Waals surface area contributed by atoms with Crippen molar-refractivity contribution in [1.29, 1.82) is 0 Å². The van der Waals surface area contributed by atoms with Gasteiger partial charge in [-0.1, -0.05) is 54.3 Å². The summed E-state index contributed by atoms with van der Waals surface area (Å²) in [5, 5.41) is 4.55. The Morgan fingerprint density at radius 2 is 1.14 bits per heavy atom. The summed E-state index contributed by atoms with van der Waals surface area (Å²) in [5.74, 6) is 11.8. The van der Waals surface area contributed by atoms with E-state index < -0.39 is 0 Å². The molecule has 242 valence electrons. The molecule has 9 atom stereocenters. The molecule has 3 heteroatoms. The lowest BCUT2D eigenvalue weighted by Crippen LogP contribution is -2.43. The van der Waals surface area contributed by atoms with Crippen LogP contribution in [0.1, 0.15) is 145 Å². The summed E-state index contributed by atoms with van der Waals surface area (Å²) in [6, 6.07) is 0.633. The van der Waals surface area contributed by atoms with Gasteiger partial charge in [0.25, 0.3) is 0 Å². The molecule has 0 aromatic rings. The topological polar surface area (TPSA) is 12.0 Å². The largest absolute Gasteiger partial charge is 0.314 e. The molecule has 4 rings (SSSR count). The first-order valence-electron chi connectivity index (χ1n) is 19.1. The Hall–Kier alpha value is 0.375. The van der Waals surface area contributed by atoms with Gasteiger partial charge in [-0.2, -0.15) is 12.6 Å². The second kappa shape index (κ2) is 16.3. The average Bonchev–Trinajstić information content (AvgIpc) is 3.38.